The number of ether oxygens (including phenoxy) is 1. The summed E-state index contributed by atoms with van der Waals surface area (Å²) >= 11 is 0. The van der Waals surface area contributed by atoms with Crippen molar-refractivity contribution in [3.05, 3.63) is 65.5 Å². The number of carbonyl (C=O) groups excluding carboxylic acids is 2. The van der Waals surface area contributed by atoms with Gasteiger partial charge in [0.05, 0.1) is 0 Å². The number of amides is 2. The summed E-state index contributed by atoms with van der Waals surface area (Å²) in [6.45, 7) is 0.531. The number of hydrogen-bond acceptors (Lipinski definition) is 3. The molecule has 3 rings (SSSR count). The summed E-state index contributed by atoms with van der Waals surface area (Å²) in [4.78, 5) is 23.1. The van der Waals surface area contributed by atoms with Gasteiger partial charge in [0.2, 0.25) is 11.8 Å². The van der Waals surface area contributed by atoms with Crippen LogP contribution in [0, 0.1) is 5.82 Å². The number of carbonyl (C=O) groups is 2. The van der Waals surface area contributed by atoms with E-state index in [-0.39, 0.29) is 24.2 Å². The monoisotopic (exact) mass is 342 g/mol. The fourth-order valence-electron chi connectivity index (χ4n) is 2.60. The lowest BCUT2D eigenvalue weighted by Gasteiger charge is -2.11. The second-order valence-electron chi connectivity index (χ2n) is 5.90. The smallest absolute Gasteiger partial charge is 0.242 e. The van der Waals surface area contributed by atoms with Gasteiger partial charge in [-0.05, 0) is 30.2 Å². The second kappa shape index (κ2) is 7.79. The zero-order chi connectivity index (χ0) is 17.6. The molecule has 0 unspecified atom stereocenters. The van der Waals surface area contributed by atoms with Crippen LogP contribution in [0.25, 0.3) is 0 Å². The van der Waals surface area contributed by atoms with E-state index in [0.29, 0.717) is 30.7 Å². The molecule has 1 aliphatic heterocycles. The van der Waals surface area contributed by atoms with Crippen molar-refractivity contribution >= 4 is 11.8 Å². The first-order chi connectivity index (χ1) is 12.1. The molecular weight excluding hydrogens is 323 g/mol. The summed E-state index contributed by atoms with van der Waals surface area (Å²) in [5.74, 6) is 0.0736. The van der Waals surface area contributed by atoms with Crippen molar-refractivity contribution in [3.8, 4) is 5.75 Å². The Labute approximate surface area is 145 Å². The summed E-state index contributed by atoms with van der Waals surface area (Å²) < 4.78 is 19.1. The molecule has 1 atom stereocenters. The lowest BCUT2D eigenvalue weighted by molar-refractivity contribution is -0.125. The molecule has 1 saturated heterocycles. The molecule has 0 spiro atoms. The topological polar surface area (TPSA) is 67.4 Å². The molecule has 25 heavy (non-hydrogen) atoms. The molecule has 0 aliphatic carbocycles. The third kappa shape index (κ3) is 4.56. The van der Waals surface area contributed by atoms with E-state index in [1.54, 1.807) is 30.3 Å². The van der Waals surface area contributed by atoms with Gasteiger partial charge in [-0.1, -0.05) is 30.3 Å². The maximum Gasteiger partial charge on any atom is 0.242 e. The highest BCUT2D eigenvalue weighted by molar-refractivity contribution is 5.90. The Bertz CT molecular complexity index is 762. The lowest BCUT2D eigenvalue weighted by Crippen LogP contribution is -2.41. The minimum Gasteiger partial charge on any atom is -0.489 e. The van der Waals surface area contributed by atoms with E-state index in [0.717, 1.165) is 5.56 Å². The van der Waals surface area contributed by atoms with Crippen molar-refractivity contribution in [2.75, 3.05) is 0 Å². The highest BCUT2D eigenvalue weighted by Crippen LogP contribution is 2.16. The van der Waals surface area contributed by atoms with Gasteiger partial charge in [-0.3, -0.25) is 9.59 Å². The van der Waals surface area contributed by atoms with Crippen LogP contribution in [-0.2, 0) is 22.7 Å². The molecule has 1 fully saturated rings. The Morgan fingerprint density at radius 2 is 1.96 bits per heavy atom. The first-order valence-electron chi connectivity index (χ1n) is 8.14. The molecule has 130 valence electrons. The van der Waals surface area contributed by atoms with Crippen LogP contribution in [0.2, 0.25) is 0 Å². The van der Waals surface area contributed by atoms with Crippen molar-refractivity contribution < 1.29 is 18.7 Å². The average molecular weight is 342 g/mol. The number of nitrogens with one attached hydrogen (secondary N) is 2. The van der Waals surface area contributed by atoms with Crippen molar-refractivity contribution in [1.29, 1.82) is 0 Å². The number of benzene rings is 2. The third-order valence-corrected chi connectivity index (χ3v) is 4.05. The molecule has 6 heteroatoms. The van der Waals surface area contributed by atoms with Crippen LogP contribution >= 0.6 is 0 Å². The molecule has 2 aromatic carbocycles. The Balaban J connectivity index is 1.48. The van der Waals surface area contributed by atoms with E-state index in [9.17, 15) is 14.0 Å². The van der Waals surface area contributed by atoms with Gasteiger partial charge in [0.15, 0.2) is 0 Å². The van der Waals surface area contributed by atoms with E-state index in [1.807, 2.05) is 12.1 Å². The van der Waals surface area contributed by atoms with Gasteiger partial charge in [0, 0.05) is 18.5 Å². The van der Waals surface area contributed by atoms with Gasteiger partial charge < -0.3 is 15.4 Å². The largest absolute Gasteiger partial charge is 0.489 e. The molecule has 2 aromatic rings. The highest BCUT2D eigenvalue weighted by atomic mass is 19.1. The normalized spacial score (nSPS) is 16.4. The van der Waals surface area contributed by atoms with E-state index in [4.69, 9.17) is 4.74 Å². The minimum absolute atomic E-state index is 0.0866. The predicted octanol–water partition coefficient (Wildman–Crippen LogP) is 2.30. The van der Waals surface area contributed by atoms with E-state index in [1.165, 1.54) is 6.07 Å². The van der Waals surface area contributed by atoms with Gasteiger partial charge in [0.25, 0.3) is 0 Å². The number of hydrogen-bond donors (Lipinski definition) is 2. The van der Waals surface area contributed by atoms with Gasteiger partial charge >= 0.3 is 0 Å². The molecule has 0 saturated carbocycles. The van der Waals surface area contributed by atoms with Crippen molar-refractivity contribution in [2.24, 2.45) is 0 Å². The highest BCUT2D eigenvalue weighted by Gasteiger charge is 2.26. The first kappa shape index (κ1) is 17.0. The van der Waals surface area contributed by atoms with E-state index in [2.05, 4.69) is 10.6 Å². The van der Waals surface area contributed by atoms with E-state index < -0.39 is 6.04 Å². The van der Waals surface area contributed by atoms with Crippen molar-refractivity contribution in [2.45, 2.75) is 32.0 Å². The maximum absolute atomic E-state index is 13.5. The molecule has 2 amide bonds. The Kier molecular flexibility index (Phi) is 5.28. The Morgan fingerprint density at radius 3 is 2.64 bits per heavy atom. The van der Waals surface area contributed by atoms with Crippen LogP contribution in [0.5, 0.6) is 5.75 Å². The Hall–Kier alpha value is -2.89. The maximum atomic E-state index is 13.5. The fraction of sp³-hybridized carbons (Fsp3) is 0.263. The van der Waals surface area contributed by atoms with Gasteiger partial charge in [-0.25, -0.2) is 4.39 Å². The Morgan fingerprint density at radius 1 is 1.20 bits per heavy atom. The van der Waals surface area contributed by atoms with Crippen LogP contribution in [0.4, 0.5) is 4.39 Å². The standard InChI is InChI=1S/C19H19FN2O3/c20-16-4-2-1-3-14(16)12-25-15-7-5-13(6-8-15)11-21-19(24)17-9-10-18(23)22-17/h1-8,17H,9-12H2,(H,21,24)(H,22,23)/t17-/m1/s1. The van der Waals surface area contributed by atoms with Gasteiger partial charge in [-0.2, -0.15) is 0 Å². The predicted molar refractivity (Wildman–Crippen MR) is 90.2 cm³/mol. The van der Waals surface area contributed by atoms with Crippen LogP contribution in [-0.4, -0.2) is 17.9 Å². The minimum atomic E-state index is -0.434. The summed E-state index contributed by atoms with van der Waals surface area (Å²) in [5.41, 5.74) is 1.41. The zero-order valence-electron chi connectivity index (χ0n) is 13.6. The second-order valence-corrected chi connectivity index (χ2v) is 5.90. The number of rotatable bonds is 6. The van der Waals surface area contributed by atoms with Crippen LogP contribution in [0.3, 0.4) is 0 Å². The van der Waals surface area contributed by atoms with Gasteiger partial charge in [0.1, 0.15) is 24.2 Å². The van der Waals surface area contributed by atoms with Crippen molar-refractivity contribution in [3.63, 3.8) is 0 Å². The molecule has 0 aromatic heterocycles. The summed E-state index contributed by atoms with van der Waals surface area (Å²) in [6.07, 6.45) is 0.930. The van der Waals surface area contributed by atoms with E-state index >= 15 is 0 Å². The summed E-state index contributed by atoms with van der Waals surface area (Å²) in [5, 5.41) is 5.44. The molecule has 0 bridgehead atoms. The molecule has 2 N–H and O–H groups in total. The van der Waals surface area contributed by atoms with Crippen LogP contribution in [0.15, 0.2) is 48.5 Å². The van der Waals surface area contributed by atoms with Crippen molar-refractivity contribution in [1.82, 2.24) is 10.6 Å². The average Bonchev–Trinajstić information content (AvgIpc) is 3.06. The fourth-order valence-corrected chi connectivity index (χ4v) is 2.60. The molecule has 1 heterocycles. The molecule has 0 radical (unpaired) electrons. The SMILES string of the molecule is O=C1CC[C@H](C(=O)NCc2ccc(OCc3ccccc3F)cc2)N1. The molecular formula is C19H19FN2O3. The zero-order valence-corrected chi connectivity index (χ0v) is 13.6. The summed E-state index contributed by atoms with van der Waals surface area (Å²) in [7, 11) is 0. The van der Waals surface area contributed by atoms with Gasteiger partial charge in [-0.15, -0.1) is 0 Å². The summed E-state index contributed by atoms with van der Waals surface area (Å²) in [6, 6.07) is 13.3. The van der Waals surface area contributed by atoms with Crippen LogP contribution in [0.1, 0.15) is 24.0 Å². The molecule has 5 nitrogen and oxygen atoms in total. The first-order valence-corrected chi connectivity index (χ1v) is 8.14. The molecule has 1 aliphatic rings. The number of halogens is 1. The van der Waals surface area contributed by atoms with Crippen LogP contribution < -0.4 is 15.4 Å². The third-order valence-electron chi connectivity index (χ3n) is 4.05. The lowest BCUT2D eigenvalue weighted by atomic mass is 10.2. The quantitative estimate of drug-likeness (QED) is 0.846.